The average Bonchev–Trinajstić information content (AvgIpc) is 2.72. The van der Waals surface area contributed by atoms with E-state index >= 15 is 0 Å². The van der Waals surface area contributed by atoms with E-state index in [4.69, 9.17) is 38.8 Å². The highest BCUT2D eigenvalue weighted by molar-refractivity contribution is 6.36. The zero-order chi connectivity index (χ0) is 25.8. The van der Waals surface area contributed by atoms with Crippen LogP contribution in [0.2, 0.25) is 10.0 Å². The summed E-state index contributed by atoms with van der Waals surface area (Å²) < 4.78 is 31.7. The lowest BCUT2D eigenvalue weighted by atomic mass is 9.86. The van der Waals surface area contributed by atoms with Crippen LogP contribution in [0.4, 0.5) is 13.2 Å². The van der Waals surface area contributed by atoms with Gasteiger partial charge in [0.15, 0.2) is 11.7 Å². The highest BCUT2D eigenvalue weighted by atomic mass is 35.5. The predicted molar refractivity (Wildman–Crippen MR) is 119 cm³/mol. The average molecular weight is 519 g/mol. The van der Waals surface area contributed by atoms with E-state index in [9.17, 15) is 22.8 Å². The van der Waals surface area contributed by atoms with Crippen LogP contribution >= 0.6 is 23.2 Å². The van der Waals surface area contributed by atoms with Gasteiger partial charge in [0, 0.05) is 19.7 Å². The number of nitrogens with zero attached hydrogens (tertiary/aromatic N) is 3. The van der Waals surface area contributed by atoms with Crippen molar-refractivity contribution < 1.29 is 32.7 Å². The maximum atomic E-state index is 12.6. The molecule has 0 saturated heterocycles. The number of ketones is 1. The number of hydrogen-bond acceptors (Lipinski definition) is 6. The van der Waals surface area contributed by atoms with E-state index in [1.54, 1.807) is 7.05 Å². The Kier molecular flexibility index (Phi) is 8.27. The van der Waals surface area contributed by atoms with Crippen molar-refractivity contribution in [3.05, 3.63) is 63.4 Å². The molecule has 1 aromatic carbocycles. The zero-order valence-corrected chi connectivity index (χ0v) is 19.4. The number of nitrogens with two attached hydrogens (primary N) is 1. The highest BCUT2D eigenvalue weighted by Gasteiger charge is 2.38. The third kappa shape index (κ3) is 6.67. The minimum absolute atomic E-state index is 0.108. The van der Waals surface area contributed by atoms with Crippen molar-refractivity contribution in [2.45, 2.75) is 31.5 Å². The van der Waals surface area contributed by atoms with Crippen molar-refractivity contribution in [1.29, 1.82) is 0 Å². The Hall–Kier alpha value is -3.18. The Bertz CT molecular complexity index is 1160. The van der Waals surface area contributed by atoms with Gasteiger partial charge < -0.3 is 10.8 Å². The van der Waals surface area contributed by atoms with Gasteiger partial charge in [-0.2, -0.15) is 13.2 Å². The fourth-order valence-electron chi connectivity index (χ4n) is 2.98. The molecular weight excluding hydrogens is 500 g/mol. The minimum atomic E-state index is -5.08. The number of alkyl halides is 3. The van der Waals surface area contributed by atoms with Gasteiger partial charge in [-0.15, -0.1) is 0 Å². The van der Waals surface area contributed by atoms with Gasteiger partial charge in [-0.05, 0) is 24.1 Å². The van der Waals surface area contributed by atoms with Crippen molar-refractivity contribution in [3.63, 3.8) is 0 Å². The normalized spacial score (nSPS) is 18.0. The standard InChI is InChI=1S/C19H18Cl2N4O2.C2HF3O2/c1-19(9-16(27)25(2)18(22)24-19)12-5-3-4-11(6-12)7-15(26)17-14(21)8-13(20)10-23-17;3-2(4,5)1(6)7/h3-6,8,10H,7,9H2,1-2H3,(H2,22,24);(H,6,7)/t19-;/m0./s1. The Balaban J connectivity index is 0.000000509. The number of aliphatic imine (C=N–C) groups is 1. The molecule has 1 atom stereocenters. The summed E-state index contributed by atoms with van der Waals surface area (Å²) in [6, 6.07) is 8.88. The molecule has 34 heavy (non-hydrogen) atoms. The number of rotatable bonds is 4. The number of hydrogen-bond donors (Lipinski definition) is 2. The van der Waals surface area contributed by atoms with E-state index in [0.29, 0.717) is 5.02 Å². The first-order valence-corrected chi connectivity index (χ1v) is 10.3. The number of Topliss-reactive ketones (excluding diaryl/α,β-unsaturated/α-hetero) is 1. The summed E-state index contributed by atoms with van der Waals surface area (Å²) in [5.74, 6) is -2.91. The van der Waals surface area contributed by atoms with Crippen LogP contribution in [0.3, 0.4) is 0 Å². The molecule has 13 heteroatoms. The van der Waals surface area contributed by atoms with Crippen LogP contribution in [0.5, 0.6) is 0 Å². The monoisotopic (exact) mass is 518 g/mol. The summed E-state index contributed by atoms with van der Waals surface area (Å²) in [6.07, 6.45) is -3.38. The number of carbonyl (C=O) groups is 3. The largest absolute Gasteiger partial charge is 0.490 e. The fourth-order valence-corrected chi connectivity index (χ4v) is 3.47. The van der Waals surface area contributed by atoms with Crippen LogP contribution in [0.15, 0.2) is 41.5 Å². The molecule has 1 aliphatic heterocycles. The van der Waals surface area contributed by atoms with Crippen molar-refractivity contribution in [2.24, 2.45) is 10.7 Å². The molecule has 0 fully saturated rings. The van der Waals surface area contributed by atoms with Crippen LogP contribution in [0.25, 0.3) is 0 Å². The molecule has 182 valence electrons. The second-order valence-electron chi connectivity index (χ2n) is 7.46. The van der Waals surface area contributed by atoms with E-state index in [2.05, 4.69) is 9.98 Å². The second-order valence-corrected chi connectivity index (χ2v) is 8.30. The fraction of sp³-hybridized carbons (Fsp3) is 0.286. The molecular formula is C21H19Cl2F3N4O4. The number of benzene rings is 1. The molecule has 1 amide bonds. The first kappa shape index (κ1) is 27.1. The summed E-state index contributed by atoms with van der Waals surface area (Å²) in [5.41, 5.74) is 6.86. The number of amides is 1. The SMILES string of the molecule is CN1C(=O)C[C@@](C)(c2cccc(CC(=O)c3ncc(Cl)cc3Cl)c2)N=C1N.O=C(O)C(F)(F)F. The maximum Gasteiger partial charge on any atom is 0.490 e. The lowest BCUT2D eigenvalue weighted by Crippen LogP contribution is -2.47. The molecule has 3 N–H and O–H groups in total. The molecule has 3 rings (SSSR count). The van der Waals surface area contributed by atoms with Gasteiger partial charge in [0.2, 0.25) is 5.91 Å². The Morgan fingerprint density at radius 1 is 1.26 bits per heavy atom. The van der Waals surface area contributed by atoms with Crippen molar-refractivity contribution in [3.8, 4) is 0 Å². The first-order valence-electron chi connectivity index (χ1n) is 9.49. The van der Waals surface area contributed by atoms with E-state index in [1.807, 2.05) is 31.2 Å². The lowest BCUT2D eigenvalue weighted by Gasteiger charge is -2.33. The molecule has 1 aliphatic rings. The number of aromatic nitrogens is 1. The van der Waals surface area contributed by atoms with E-state index in [1.165, 1.54) is 17.2 Å². The molecule has 0 spiro atoms. The molecule has 0 saturated carbocycles. The smallest absolute Gasteiger partial charge is 0.475 e. The molecule has 0 bridgehead atoms. The molecule has 8 nitrogen and oxygen atoms in total. The molecule has 2 aromatic rings. The summed E-state index contributed by atoms with van der Waals surface area (Å²) in [5, 5.41) is 7.71. The van der Waals surface area contributed by atoms with Crippen LogP contribution < -0.4 is 5.73 Å². The van der Waals surface area contributed by atoms with Gasteiger partial charge in [-0.25, -0.2) is 14.8 Å². The van der Waals surface area contributed by atoms with Gasteiger partial charge in [0.05, 0.1) is 22.0 Å². The Labute approximate surface area is 202 Å². The number of pyridine rings is 1. The van der Waals surface area contributed by atoms with Crippen LogP contribution in [0, 0.1) is 0 Å². The third-order valence-electron chi connectivity index (χ3n) is 4.80. The number of carboxylic acids is 1. The van der Waals surface area contributed by atoms with Gasteiger partial charge in [0.25, 0.3) is 0 Å². The van der Waals surface area contributed by atoms with E-state index in [0.717, 1.165) is 11.1 Å². The van der Waals surface area contributed by atoms with Crippen LogP contribution in [0.1, 0.15) is 35.0 Å². The van der Waals surface area contributed by atoms with Crippen molar-refractivity contribution in [1.82, 2.24) is 9.88 Å². The van der Waals surface area contributed by atoms with Crippen molar-refractivity contribution in [2.75, 3.05) is 7.05 Å². The van der Waals surface area contributed by atoms with Crippen LogP contribution in [-0.4, -0.2) is 51.8 Å². The van der Waals surface area contributed by atoms with Crippen molar-refractivity contribution >= 4 is 46.8 Å². The summed E-state index contributed by atoms with van der Waals surface area (Å²) >= 11 is 11.9. The number of carboxylic acid groups (broad SMARTS) is 1. The Morgan fingerprint density at radius 3 is 2.41 bits per heavy atom. The van der Waals surface area contributed by atoms with Gasteiger partial charge >= 0.3 is 12.1 Å². The van der Waals surface area contributed by atoms with Gasteiger partial charge in [-0.1, -0.05) is 47.5 Å². The Morgan fingerprint density at radius 2 is 1.88 bits per heavy atom. The summed E-state index contributed by atoms with van der Waals surface area (Å²) in [7, 11) is 1.60. The maximum absolute atomic E-state index is 12.6. The molecule has 1 aromatic heterocycles. The number of aliphatic carboxylic acids is 1. The van der Waals surface area contributed by atoms with Gasteiger partial charge in [0.1, 0.15) is 5.69 Å². The van der Waals surface area contributed by atoms with E-state index < -0.39 is 17.7 Å². The second kappa shape index (κ2) is 10.4. The molecule has 0 aliphatic carbocycles. The lowest BCUT2D eigenvalue weighted by molar-refractivity contribution is -0.192. The number of guanidine groups is 1. The topological polar surface area (TPSA) is 126 Å². The predicted octanol–water partition coefficient (Wildman–Crippen LogP) is 3.84. The van der Waals surface area contributed by atoms with Crippen LogP contribution in [-0.2, 0) is 21.5 Å². The highest BCUT2D eigenvalue weighted by Crippen LogP contribution is 2.33. The van der Waals surface area contributed by atoms with E-state index in [-0.39, 0.29) is 41.2 Å². The molecule has 0 unspecified atom stereocenters. The third-order valence-corrected chi connectivity index (χ3v) is 5.30. The van der Waals surface area contributed by atoms with Gasteiger partial charge in [-0.3, -0.25) is 14.5 Å². The number of carbonyl (C=O) groups excluding carboxylic acids is 2. The first-order chi connectivity index (χ1) is 15.6. The summed E-state index contributed by atoms with van der Waals surface area (Å²) in [6.45, 7) is 1.85. The zero-order valence-electron chi connectivity index (χ0n) is 17.9. The molecule has 0 radical (unpaired) electrons. The summed E-state index contributed by atoms with van der Waals surface area (Å²) in [4.78, 5) is 43.5. The molecule has 2 heterocycles. The quantitative estimate of drug-likeness (QED) is 0.592. The minimum Gasteiger partial charge on any atom is -0.475 e. The number of halogens is 5.